The van der Waals surface area contributed by atoms with Crippen molar-refractivity contribution in [2.75, 3.05) is 26.3 Å². The van der Waals surface area contributed by atoms with E-state index in [-0.39, 0.29) is 0 Å². The third-order valence-corrected chi connectivity index (χ3v) is 5.24. The summed E-state index contributed by atoms with van der Waals surface area (Å²) < 4.78 is 11.6. The van der Waals surface area contributed by atoms with Crippen molar-refractivity contribution in [3.05, 3.63) is 69.5 Å². The van der Waals surface area contributed by atoms with Crippen LogP contribution in [-0.4, -0.2) is 49.5 Å². The number of halogens is 2. The lowest BCUT2D eigenvalue weighted by Crippen LogP contribution is -2.41. The Morgan fingerprint density at radius 2 is 1.82 bits per heavy atom. The van der Waals surface area contributed by atoms with Crippen LogP contribution in [0.1, 0.15) is 5.56 Å². The molecule has 1 N–H and O–H groups in total. The van der Waals surface area contributed by atoms with Crippen LogP contribution in [0.15, 0.2) is 64.0 Å². The number of rotatable bonds is 6. The van der Waals surface area contributed by atoms with Gasteiger partial charge in [-0.2, -0.15) is 5.10 Å². The summed E-state index contributed by atoms with van der Waals surface area (Å²) in [7, 11) is 3.86. The first-order valence-electron chi connectivity index (χ1n) is 9.40. The van der Waals surface area contributed by atoms with Crippen LogP contribution < -0.4 is 9.58 Å². The summed E-state index contributed by atoms with van der Waals surface area (Å²) in [5, 5.41) is 16.7. The van der Waals surface area contributed by atoms with Crippen LogP contribution in [0.5, 0.6) is 0 Å². The number of hydrogen-bond acceptors (Lipinski definition) is 8. The van der Waals surface area contributed by atoms with Crippen LogP contribution in [0.2, 0.25) is 5.02 Å². The van der Waals surface area contributed by atoms with Crippen LogP contribution >= 0.6 is 27.5 Å². The Morgan fingerprint density at radius 1 is 1.15 bits per heavy atom. The van der Waals surface area contributed by atoms with E-state index < -0.39 is 23.4 Å². The highest BCUT2D eigenvalue weighted by Crippen LogP contribution is 2.21. The van der Waals surface area contributed by atoms with Crippen molar-refractivity contribution in [2.45, 2.75) is 0 Å². The monoisotopic (exact) mass is 533 g/mol. The van der Waals surface area contributed by atoms with E-state index in [1.54, 1.807) is 25.4 Å². The number of hydrazone groups is 1. The summed E-state index contributed by atoms with van der Waals surface area (Å²) in [6.45, 7) is 0. The summed E-state index contributed by atoms with van der Waals surface area (Å²) in [5.41, 5.74) is 1.14. The van der Waals surface area contributed by atoms with E-state index in [1.165, 1.54) is 21.8 Å². The largest absolute Gasteiger partial charge is 0.497 e. The van der Waals surface area contributed by atoms with Gasteiger partial charge in [-0.1, -0.05) is 39.7 Å². The number of aliphatic hydroxyl groups is 1. The summed E-state index contributed by atoms with van der Waals surface area (Å²) in [4.78, 5) is 29.1. The van der Waals surface area contributed by atoms with Crippen molar-refractivity contribution in [3.8, 4) is 0 Å². The van der Waals surface area contributed by atoms with Gasteiger partial charge in [0.05, 0.1) is 20.4 Å². The third kappa shape index (κ3) is 5.47. The van der Waals surface area contributed by atoms with Crippen LogP contribution in [0.3, 0.4) is 0 Å². The Balaban J connectivity index is 2.19. The first kappa shape index (κ1) is 24.1. The number of aliphatic hydroxyl groups excluding tert-OH is 1. The molecule has 170 valence electrons. The molecule has 0 saturated carbocycles. The van der Waals surface area contributed by atoms with Gasteiger partial charge in [0.2, 0.25) is 17.5 Å². The topological polar surface area (TPSA) is 105 Å². The van der Waals surface area contributed by atoms with E-state index >= 15 is 0 Å². The van der Waals surface area contributed by atoms with E-state index in [4.69, 9.17) is 16.3 Å². The van der Waals surface area contributed by atoms with E-state index in [0.717, 1.165) is 24.3 Å². The van der Waals surface area contributed by atoms with Gasteiger partial charge >= 0.3 is 17.6 Å². The second-order valence-corrected chi connectivity index (χ2v) is 7.95. The van der Waals surface area contributed by atoms with Crippen molar-refractivity contribution in [2.24, 2.45) is 5.10 Å². The number of fused-ring (bicyclic) bond motifs is 1. The Morgan fingerprint density at radius 3 is 2.45 bits per heavy atom. The zero-order valence-corrected chi connectivity index (χ0v) is 20.2. The molecule has 3 aromatic rings. The minimum atomic E-state index is -1.11. The first-order chi connectivity index (χ1) is 15.7. The summed E-state index contributed by atoms with van der Waals surface area (Å²) in [6.07, 6.45) is 3.05. The smallest absolute Gasteiger partial charge is 0.408 e. The number of esters is 2. The summed E-state index contributed by atoms with van der Waals surface area (Å²) in [5.74, 6) is -2.72. The Labute approximate surface area is 202 Å². The van der Waals surface area contributed by atoms with Crippen molar-refractivity contribution < 1.29 is 28.7 Å². The molecule has 0 bridgehead atoms. The SMILES string of the molecule is COC(=O)/C(O)=C(\C(=O)OC)[n+]1cc(N(C)/N=C/c2ccc(Br)cc2)nc2ccc(Cl)cc21. The van der Waals surface area contributed by atoms with Crippen molar-refractivity contribution in [3.63, 3.8) is 0 Å². The minimum Gasteiger partial charge on any atom is -0.497 e. The molecule has 33 heavy (non-hydrogen) atoms. The molecule has 1 heterocycles. The number of hydrogen-bond donors (Lipinski definition) is 1. The normalized spacial score (nSPS) is 11.9. The lowest BCUT2D eigenvalue weighted by atomic mass is 10.2. The number of methoxy groups -OCH3 is 2. The summed E-state index contributed by atoms with van der Waals surface area (Å²) in [6, 6.07) is 12.3. The molecule has 0 aliphatic rings. The molecule has 0 amide bonds. The number of nitrogens with zero attached hydrogens (tertiary/aromatic N) is 4. The van der Waals surface area contributed by atoms with Gasteiger partial charge in [-0.15, -0.1) is 4.57 Å². The molecule has 2 aromatic carbocycles. The van der Waals surface area contributed by atoms with Crippen molar-refractivity contribution >= 4 is 68.2 Å². The molecule has 9 nitrogen and oxygen atoms in total. The minimum absolute atomic E-state index is 0.303. The van der Waals surface area contributed by atoms with Gasteiger partial charge in [0.25, 0.3) is 5.76 Å². The van der Waals surface area contributed by atoms with Crippen molar-refractivity contribution in [1.82, 2.24) is 4.98 Å². The average molecular weight is 535 g/mol. The molecule has 1 aromatic heterocycles. The van der Waals surface area contributed by atoms with Crippen LogP contribution in [-0.2, 0) is 19.1 Å². The zero-order valence-electron chi connectivity index (χ0n) is 17.8. The molecule has 0 aliphatic carbocycles. The molecule has 11 heteroatoms. The lowest BCUT2D eigenvalue weighted by Gasteiger charge is -2.12. The predicted molar refractivity (Wildman–Crippen MR) is 127 cm³/mol. The maximum atomic E-state index is 12.6. The van der Waals surface area contributed by atoms with Gasteiger partial charge in [0.15, 0.2) is 0 Å². The standard InChI is InChI=1S/C22H18BrClN4O5/c1-27(25-11-13-4-6-14(23)7-5-13)18-12-28(17-10-15(24)8-9-16(17)26-18)19(21(30)32-2)20(29)22(31)33-3/h4-12H,1-3H3/p+1/b25-11+. The highest BCUT2D eigenvalue weighted by atomic mass is 79.9. The molecule has 0 saturated heterocycles. The fourth-order valence-corrected chi connectivity index (χ4v) is 3.25. The van der Waals surface area contributed by atoms with E-state index in [9.17, 15) is 14.7 Å². The van der Waals surface area contributed by atoms with E-state index in [2.05, 4.69) is 30.8 Å². The molecule has 0 unspecified atom stereocenters. The molecule has 0 spiro atoms. The van der Waals surface area contributed by atoms with Gasteiger partial charge in [-0.05, 0) is 29.8 Å². The van der Waals surface area contributed by atoms with Crippen LogP contribution in [0.4, 0.5) is 5.82 Å². The van der Waals surface area contributed by atoms with Gasteiger partial charge in [0, 0.05) is 22.6 Å². The van der Waals surface area contributed by atoms with Crippen molar-refractivity contribution in [1.29, 1.82) is 0 Å². The maximum absolute atomic E-state index is 12.6. The molecule has 0 atom stereocenters. The molecule has 0 fully saturated rings. The van der Waals surface area contributed by atoms with Crippen LogP contribution in [0, 0.1) is 0 Å². The van der Waals surface area contributed by atoms with E-state index in [1.807, 2.05) is 24.3 Å². The Bertz CT molecular complexity index is 1280. The molecular weight excluding hydrogens is 516 g/mol. The van der Waals surface area contributed by atoms with Gasteiger partial charge in [-0.3, -0.25) is 0 Å². The highest BCUT2D eigenvalue weighted by molar-refractivity contribution is 9.10. The molecule has 0 aliphatic heterocycles. The molecule has 0 radical (unpaired) electrons. The number of aromatic nitrogens is 2. The number of benzene rings is 2. The maximum Gasteiger partial charge on any atom is 0.408 e. The highest BCUT2D eigenvalue weighted by Gasteiger charge is 2.34. The first-order valence-corrected chi connectivity index (χ1v) is 10.6. The van der Waals surface area contributed by atoms with Gasteiger partial charge < -0.3 is 14.6 Å². The third-order valence-electron chi connectivity index (χ3n) is 4.48. The average Bonchev–Trinajstić information content (AvgIpc) is 2.82. The molecule has 3 rings (SSSR count). The Kier molecular flexibility index (Phi) is 7.62. The predicted octanol–water partition coefficient (Wildman–Crippen LogP) is 3.48. The quantitative estimate of drug-likeness (QED) is 0.129. The zero-order chi connectivity index (χ0) is 24.1. The number of carbonyl (C=O) groups is 2. The van der Waals surface area contributed by atoms with E-state index in [0.29, 0.717) is 21.9 Å². The number of anilines is 1. The van der Waals surface area contributed by atoms with Gasteiger partial charge in [-0.25, -0.2) is 19.6 Å². The fraction of sp³-hybridized carbons (Fsp3) is 0.136. The molecular formula is C22H19BrClN4O5+. The lowest BCUT2D eigenvalue weighted by molar-refractivity contribution is -0.550. The summed E-state index contributed by atoms with van der Waals surface area (Å²) >= 11 is 9.53. The number of ether oxygens (including phenoxy) is 2. The number of carbonyl (C=O) groups excluding carboxylic acids is 2. The van der Waals surface area contributed by atoms with Gasteiger partial charge in [0.1, 0.15) is 5.52 Å². The van der Waals surface area contributed by atoms with Crippen LogP contribution in [0.25, 0.3) is 16.7 Å². The Hall–Kier alpha value is -3.50. The fourth-order valence-electron chi connectivity index (χ4n) is 2.82. The second kappa shape index (κ2) is 10.4. The second-order valence-electron chi connectivity index (χ2n) is 6.60.